The molecule has 0 radical (unpaired) electrons. The Morgan fingerprint density at radius 2 is 2.29 bits per heavy atom. The first kappa shape index (κ1) is 16.8. The maximum absolute atomic E-state index is 12.8. The lowest BCUT2D eigenvalue weighted by Gasteiger charge is -2.25. The molecule has 130 valence electrons. The molecule has 0 saturated carbocycles. The number of aliphatic hydroxyl groups is 1. The van der Waals surface area contributed by atoms with Crippen molar-refractivity contribution in [3.63, 3.8) is 0 Å². The fourth-order valence-corrected chi connectivity index (χ4v) is 3.17. The molecule has 0 spiro atoms. The zero-order valence-electron chi connectivity index (χ0n) is 14.5. The Hall–Kier alpha value is -2.08. The summed E-state index contributed by atoms with van der Waals surface area (Å²) in [4.78, 5) is 14.7. The van der Waals surface area contributed by atoms with Crippen LogP contribution in [0.3, 0.4) is 0 Å². The number of carbonyl (C=O) groups is 1. The summed E-state index contributed by atoms with van der Waals surface area (Å²) in [6.45, 7) is 6.86. The van der Waals surface area contributed by atoms with Gasteiger partial charge in [-0.15, -0.1) is 0 Å². The van der Waals surface area contributed by atoms with E-state index in [4.69, 9.17) is 4.42 Å². The minimum Gasteiger partial charge on any atom is -0.467 e. The standard InChI is InChI=1S/C18H25N3O3/c1-18(2,3)21-12-13(11-19-21)17(23)20-8-4-6-14(20)10-15(22)16-7-5-9-24-16/h5,7,9,11-12,14-15,22H,4,6,8,10H2,1-3H3. The van der Waals surface area contributed by atoms with Crippen molar-refractivity contribution in [2.75, 3.05) is 6.54 Å². The van der Waals surface area contributed by atoms with Crippen LogP contribution in [0.5, 0.6) is 0 Å². The van der Waals surface area contributed by atoms with Gasteiger partial charge in [0.15, 0.2) is 0 Å². The van der Waals surface area contributed by atoms with Crippen LogP contribution in [0.15, 0.2) is 35.2 Å². The fraction of sp³-hybridized carbons (Fsp3) is 0.556. The summed E-state index contributed by atoms with van der Waals surface area (Å²) in [6.07, 6.45) is 6.65. The molecule has 2 atom stereocenters. The smallest absolute Gasteiger partial charge is 0.257 e. The van der Waals surface area contributed by atoms with Crippen LogP contribution in [-0.2, 0) is 5.54 Å². The highest BCUT2D eigenvalue weighted by atomic mass is 16.4. The summed E-state index contributed by atoms with van der Waals surface area (Å²) in [5.41, 5.74) is 0.447. The number of aliphatic hydroxyl groups excluding tert-OH is 1. The van der Waals surface area contributed by atoms with Crippen LogP contribution in [0.4, 0.5) is 0 Å². The number of aromatic nitrogens is 2. The minimum absolute atomic E-state index is 0.0142. The van der Waals surface area contributed by atoms with Crippen molar-refractivity contribution < 1.29 is 14.3 Å². The second kappa shape index (κ2) is 6.43. The van der Waals surface area contributed by atoms with E-state index < -0.39 is 6.10 Å². The number of hydrogen-bond donors (Lipinski definition) is 1. The molecule has 2 aromatic rings. The molecule has 1 aliphatic heterocycles. The zero-order chi connectivity index (χ0) is 17.3. The van der Waals surface area contributed by atoms with Gasteiger partial charge in [0.2, 0.25) is 0 Å². The summed E-state index contributed by atoms with van der Waals surface area (Å²) in [5, 5.41) is 14.6. The third kappa shape index (κ3) is 3.38. The monoisotopic (exact) mass is 331 g/mol. The second-order valence-corrected chi connectivity index (χ2v) is 7.41. The van der Waals surface area contributed by atoms with Crippen molar-refractivity contribution in [3.8, 4) is 0 Å². The van der Waals surface area contributed by atoms with Crippen molar-refractivity contribution in [1.29, 1.82) is 0 Å². The minimum atomic E-state index is -0.685. The first-order valence-electron chi connectivity index (χ1n) is 8.44. The van der Waals surface area contributed by atoms with E-state index >= 15 is 0 Å². The fourth-order valence-electron chi connectivity index (χ4n) is 3.17. The molecule has 1 fully saturated rings. The molecule has 24 heavy (non-hydrogen) atoms. The highest BCUT2D eigenvalue weighted by molar-refractivity contribution is 5.94. The van der Waals surface area contributed by atoms with Gasteiger partial charge in [-0.25, -0.2) is 0 Å². The largest absolute Gasteiger partial charge is 0.467 e. The lowest BCUT2D eigenvalue weighted by atomic mass is 10.0. The SMILES string of the molecule is CC(C)(C)n1cc(C(=O)N2CCCC2CC(O)c2ccco2)cn1. The molecule has 6 nitrogen and oxygen atoms in total. The van der Waals surface area contributed by atoms with Crippen molar-refractivity contribution >= 4 is 5.91 Å². The average Bonchev–Trinajstić information content (AvgIpc) is 3.26. The quantitative estimate of drug-likeness (QED) is 0.935. The molecule has 2 aromatic heterocycles. The van der Waals surface area contributed by atoms with Crippen LogP contribution >= 0.6 is 0 Å². The van der Waals surface area contributed by atoms with Gasteiger partial charge >= 0.3 is 0 Å². The third-order valence-corrected chi connectivity index (χ3v) is 4.52. The molecule has 0 aromatic carbocycles. The zero-order valence-corrected chi connectivity index (χ0v) is 14.5. The van der Waals surface area contributed by atoms with Gasteiger partial charge in [-0.3, -0.25) is 9.48 Å². The first-order valence-corrected chi connectivity index (χ1v) is 8.44. The highest BCUT2D eigenvalue weighted by Crippen LogP contribution is 2.29. The number of furan rings is 1. The first-order chi connectivity index (χ1) is 11.4. The van der Waals surface area contributed by atoms with Gasteiger partial charge < -0.3 is 14.4 Å². The Labute approximate surface area is 142 Å². The highest BCUT2D eigenvalue weighted by Gasteiger charge is 2.32. The summed E-state index contributed by atoms with van der Waals surface area (Å²) >= 11 is 0. The van der Waals surface area contributed by atoms with Gasteiger partial charge in [0.05, 0.1) is 23.6 Å². The Balaban J connectivity index is 1.70. The predicted molar refractivity (Wildman–Crippen MR) is 89.6 cm³/mol. The molecule has 2 unspecified atom stereocenters. The molecule has 0 aliphatic carbocycles. The van der Waals surface area contributed by atoms with E-state index in [1.807, 2.05) is 30.4 Å². The van der Waals surface area contributed by atoms with Crippen LogP contribution in [0.1, 0.15) is 62.3 Å². The van der Waals surface area contributed by atoms with Crippen LogP contribution in [0, 0.1) is 0 Å². The van der Waals surface area contributed by atoms with E-state index in [9.17, 15) is 9.90 Å². The molecule has 0 bridgehead atoms. The van der Waals surface area contributed by atoms with E-state index in [0.29, 0.717) is 17.7 Å². The molecule has 1 N–H and O–H groups in total. The lowest BCUT2D eigenvalue weighted by molar-refractivity contribution is 0.0641. The van der Waals surface area contributed by atoms with E-state index in [1.54, 1.807) is 30.8 Å². The Kier molecular flexibility index (Phi) is 4.49. The second-order valence-electron chi connectivity index (χ2n) is 7.41. The van der Waals surface area contributed by atoms with Gasteiger partial charge in [-0.05, 0) is 45.7 Å². The van der Waals surface area contributed by atoms with Crippen molar-refractivity contribution in [1.82, 2.24) is 14.7 Å². The lowest BCUT2D eigenvalue weighted by Crippen LogP contribution is -2.36. The molecule has 1 saturated heterocycles. The van der Waals surface area contributed by atoms with Crippen molar-refractivity contribution in [2.24, 2.45) is 0 Å². The maximum Gasteiger partial charge on any atom is 0.257 e. The van der Waals surface area contributed by atoms with E-state index in [-0.39, 0.29) is 17.5 Å². The average molecular weight is 331 g/mol. The third-order valence-electron chi connectivity index (χ3n) is 4.52. The number of likely N-dealkylation sites (tertiary alicyclic amines) is 1. The van der Waals surface area contributed by atoms with Crippen LogP contribution < -0.4 is 0 Å². The van der Waals surface area contributed by atoms with E-state index in [0.717, 1.165) is 19.4 Å². The molecule has 1 amide bonds. The molecule has 3 heterocycles. The molecular formula is C18H25N3O3. The van der Waals surface area contributed by atoms with Crippen molar-refractivity contribution in [2.45, 2.75) is 57.7 Å². The van der Waals surface area contributed by atoms with Crippen LogP contribution in [0.25, 0.3) is 0 Å². The predicted octanol–water partition coefficient (Wildman–Crippen LogP) is 2.96. The van der Waals surface area contributed by atoms with Crippen molar-refractivity contribution in [3.05, 3.63) is 42.1 Å². The normalized spacial score (nSPS) is 19.7. The molecular weight excluding hydrogens is 306 g/mol. The number of nitrogens with zero attached hydrogens (tertiary/aromatic N) is 3. The maximum atomic E-state index is 12.8. The summed E-state index contributed by atoms with van der Waals surface area (Å²) in [7, 11) is 0. The number of hydrogen-bond acceptors (Lipinski definition) is 4. The number of rotatable bonds is 4. The van der Waals surface area contributed by atoms with Crippen LogP contribution in [0.2, 0.25) is 0 Å². The summed E-state index contributed by atoms with van der Waals surface area (Å²) in [5.74, 6) is 0.537. The topological polar surface area (TPSA) is 71.5 Å². The number of amides is 1. The van der Waals surface area contributed by atoms with E-state index in [2.05, 4.69) is 5.10 Å². The van der Waals surface area contributed by atoms with Gasteiger partial charge in [0.1, 0.15) is 11.9 Å². The van der Waals surface area contributed by atoms with Gasteiger partial charge in [0.25, 0.3) is 5.91 Å². The Bertz CT molecular complexity index is 685. The molecule has 1 aliphatic rings. The summed E-state index contributed by atoms with van der Waals surface area (Å²) in [6, 6.07) is 3.55. The van der Waals surface area contributed by atoms with E-state index in [1.165, 1.54) is 0 Å². The Morgan fingerprint density at radius 3 is 2.92 bits per heavy atom. The summed E-state index contributed by atoms with van der Waals surface area (Å²) < 4.78 is 7.07. The Morgan fingerprint density at radius 1 is 1.50 bits per heavy atom. The van der Waals surface area contributed by atoms with Gasteiger partial charge in [-0.2, -0.15) is 5.10 Å². The number of carbonyl (C=O) groups excluding carboxylic acids is 1. The molecule has 6 heteroatoms. The molecule has 3 rings (SSSR count). The van der Waals surface area contributed by atoms with Gasteiger partial charge in [-0.1, -0.05) is 0 Å². The van der Waals surface area contributed by atoms with Crippen LogP contribution in [-0.4, -0.2) is 38.3 Å². The van der Waals surface area contributed by atoms with Gasteiger partial charge in [0, 0.05) is 25.2 Å².